The first kappa shape index (κ1) is 17.0. The molecule has 0 aliphatic carbocycles. The fraction of sp³-hybridized carbons (Fsp3) is 0.667. The molecule has 1 aliphatic rings. The van der Waals surface area contributed by atoms with Gasteiger partial charge in [-0.25, -0.2) is 5.10 Å². The highest BCUT2D eigenvalue weighted by molar-refractivity contribution is 5.86. The Morgan fingerprint density at radius 1 is 1.13 bits per heavy atom. The molecule has 90 valence electrons. The van der Waals surface area contributed by atoms with Crippen LogP contribution in [0, 0.1) is 0 Å². The van der Waals surface area contributed by atoms with Crippen molar-refractivity contribution in [2.45, 2.75) is 0 Å². The highest BCUT2D eigenvalue weighted by Crippen LogP contribution is 2.07. The Morgan fingerprint density at radius 2 is 1.73 bits per heavy atom. The molecule has 1 aromatic heterocycles. The largest absolute Gasteiger partial charge is 0.366 e. The molecule has 0 unspecified atom stereocenters. The highest BCUT2D eigenvalue weighted by atomic mass is 35.5. The monoisotopic (exact) mass is 276 g/mol. The van der Waals surface area contributed by atoms with Gasteiger partial charge in [0.1, 0.15) is 0 Å². The summed E-state index contributed by atoms with van der Waals surface area (Å²) < 4.78 is 0. The summed E-state index contributed by atoms with van der Waals surface area (Å²) in [7, 11) is 0. The number of piperazine rings is 1. The molecule has 9 heteroatoms. The van der Waals surface area contributed by atoms with E-state index in [4.69, 9.17) is 5.73 Å². The van der Waals surface area contributed by atoms with Crippen LogP contribution < -0.4 is 16.0 Å². The van der Waals surface area contributed by atoms with Gasteiger partial charge in [-0.15, -0.1) is 42.3 Å². The summed E-state index contributed by atoms with van der Waals surface area (Å²) in [5, 5.41) is 9.81. The zero-order chi connectivity index (χ0) is 8.39. The number of anilines is 2. The molecule has 15 heavy (non-hydrogen) atoms. The number of halogens is 3. The van der Waals surface area contributed by atoms with Crippen molar-refractivity contribution in [1.29, 1.82) is 0 Å². The van der Waals surface area contributed by atoms with Crippen LogP contribution in [0.15, 0.2) is 0 Å². The molecule has 1 aromatic rings. The number of nitrogens with zero attached hydrogens (tertiary/aromatic N) is 3. The smallest absolute Gasteiger partial charge is 0.241 e. The lowest BCUT2D eigenvalue weighted by Crippen LogP contribution is -2.44. The molecule has 0 atom stereocenters. The van der Waals surface area contributed by atoms with Crippen molar-refractivity contribution >= 4 is 49.1 Å². The Labute approximate surface area is 107 Å². The first-order valence-corrected chi connectivity index (χ1v) is 4.00. The molecule has 1 saturated heterocycles. The van der Waals surface area contributed by atoms with Crippen molar-refractivity contribution in [3.8, 4) is 0 Å². The fourth-order valence-electron chi connectivity index (χ4n) is 1.28. The van der Waals surface area contributed by atoms with E-state index in [1.165, 1.54) is 0 Å². The van der Waals surface area contributed by atoms with E-state index >= 15 is 0 Å². The molecule has 0 saturated carbocycles. The number of nitrogens with one attached hydrogen (secondary N) is 2. The summed E-state index contributed by atoms with van der Waals surface area (Å²) in [6, 6.07) is 0. The van der Waals surface area contributed by atoms with Crippen molar-refractivity contribution < 1.29 is 0 Å². The number of hydrogen-bond donors (Lipinski definition) is 3. The van der Waals surface area contributed by atoms with Crippen LogP contribution in [0.3, 0.4) is 0 Å². The van der Waals surface area contributed by atoms with Crippen LogP contribution in [-0.2, 0) is 0 Å². The topological polar surface area (TPSA) is 82.9 Å². The van der Waals surface area contributed by atoms with Crippen molar-refractivity contribution in [2.24, 2.45) is 0 Å². The van der Waals surface area contributed by atoms with Gasteiger partial charge in [0.15, 0.2) is 0 Å². The summed E-state index contributed by atoms with van der Waals surface area (Å²) in [6.07, 6.45) is 0. The Hall–Kier alpha value is -0.430. The number of rotatable bonds is 1. The Balaban J connectivity index is 0. The molecule has 1 aliphatic heterocycles. The second kappa shape index (κ2) is 7.81. The number of nitrogens with two attached hydrogens (primary N) is 1. The predicted molar refractivity (Wildman–Crippen MR) is 67.6 cm³/mol. The number of nitrogen functional groups attached to an aromatic ring is 1. The van der Waals surface area contributed by atoms with E-state index in [-0.39, 0.29) is 37.2 Å². The number of hydrogen-bond acceptors (Lipinski definition) is 5. The lowest BCUT2D eigenvalue weighted by molar-refractivity contribution is 0.580. The van der Waals surface area contributed by atoms with E-state index < -0.39 is 0 Å². The van der Waals surface area contributed by atoms with Crippen LogP contribution in [0.4, 0.5) is 11.9 Å². The SMILES string of the molecule is Cl.Cl.Cl.Nc1n[nH]c(N2CCNCC2)n1. The van der Waals surface area contributed by atoms with E-state index in [1.54, 1.807) is 0 Å². The van der Waals surface area contributed by atoms with E-state index in [9.17, 15) is 0 Å². The molecule has 1 fully saturated rings. The van der Waals surface area contributed by atoms with Crippen molar-refractivity contribution in [2.75, 3.05) is 36.8 Å². The van der Waals surface area contributed by atoms with Crippen LogP contribution >= 0.6 is 37.2 Å². The van der Waals surface area contributed by atoms with Crippen LogP contribution in [0.2, 0.25) is 0 Å². The van der Waals surface area contributed by atoms with Crippen molar-refractivity contribution in [3.05, 3.63) is 0 Å². The fourth-order valence-corrected chi connectivity index (χ4v) is 1.28. The zero-order valence-electron chi connectivity index (χ0n) is 7.97. The molecule has 2 heterocycles. The molecular weight excluding hydrogens is 262 g/mol. The van der Waals surface area contributed by atoms with Crippen molar-refractivity contribution in [3.63, 3.8) is 0 Å². The maximum Gasteiger partial charge on any atom is 0.241 e. The average Bonchev–Trinajstić information content (AvgIpc) is 2.54. The minimum atomic E-state index is 0. The molecule has 2 rings (SSSR count). The van der Waals surface area contributed by atoms with E-state index in [0.717, 1.165) is 32.1 Å². The minimum Gasteiger partial charge on any atom is -0.366 e. The summed E-state index contributed by atoms with van der Waals surface area (Å²) >= 11 is 0. The van der Waals surface area contributed by atoms with E-state index in [2.05, 4.69) is 25.4 Å². The van der Waals surface area contributed by atoms with E-state index in [1.807, 2.05) is 0 Å². The number of H-pyrrole nitrogens is 1. The van der Waals surface area contributed by atoms with E-state index in [0.29, 0.717) is 5.95 Å². The number of aromatic amines is 1. The average molecular weight is 278 g/mol. The molecule has 0 radical (unpaired) electrons. The normalized spacial score (nSPS) is 14.5. The zero-order valence-corrected chi connectivity index (χ0v) is 10.4. The lowest BCUT2D eigenvalue weighted by atomic mass is 10.4. The molecule has 0 amide bonds. The quantitative estimate of drug-likeness (QED) is 0.676. The molecular formula is C6H15Cl3N6. The third kappa shape index (κ3) is 4.29. The Morgan fingerprint density at radius 3 is 2.20 bits per heavy atom. The van der Waals surface area contributed by atoms with Gasteiger partial charge in [-0.1, -0.05) is 0 Å². The third-order valence-corrected chi connectivity index (χ3v) is 1.91. The first-order valence-electron chi connectivity index (χ1n) is 4.00. The molecule has 6 nitrogen and oxygen atoms in total. The van der Waals surface area contributed by atoms with Gasteiger partial charge < -0.3 is 16.0 Å². The summed E-state index contributed by atoms with van der Waals surface area (Å²) in [6.45, 7) is 3.88. The maximum atomic E-state index is 5.39. The van der Waals surface area contributed by atoms with Crippen LogP contribution in [0.25, 0.3) is 0 Å². The predicted octanol–water partition coefficient (Wildman–Crippen LogP) is 0.0619. The third-order valence-electron chi connectivity index (χ3n) is 1.91. The summed E-state index contributed by atoms with van der Waals surface area (Å²) in [5.74, 6) is 1.08. The maximum absolute atomic E-state index is 5.39. The minimum absolute atomic E-state index is 0. The van der Waals surface area contributed by atoms with Gasteiger partial charge in [-0.05, 0) is 0 Å². The van der Waals surface area contributed by atoms with Gasteiger partial charge >= 0.3 is 0 Å². The number of aromatic nitrogens is 3. The van der Waals surface area contributed by atoms with Crippen LogP contribution in [0.5, 0.6) is 0 Å². The second-order valence-corrected chi connectivity index (χ2v) is 2.75. The van der Waals surface area contributed by atoms with Gasteiger partial charge in [-0.2, -0.15) is 4.98 Å². The molecule has 4 N–H and O–H groups in total. The first-order chi connectivity index (χ1) is 5.86. The lowest BCUT2D eigenvalue weighted by Gasteiger charge is -2.26. The van der Waals surface area contributed by atoms with Gasteiger partial charge in [-0.3, -0.25) is 0 Å². The molecule has 0 aromatic carbocycles. The Bertz CT molecular complexity index is 261. The van der Waals surface area contributed by atoms with Crippen LogP contribution in [-0.4, -0.2) is 41.4 Å². The Kier molecular flexibility index (Phi) is 8.84. The van der Waals surface area contributed by atoms with Gasteiger partial charge in [0, 0.05) is 26.2 Å². The van der Waals surface area contributed by atoms with Gasteiger partial charge in [0.25, 0.3) is 0 Å². The van der Waals surface area contributed by atoms with Gasteiger partial charge in [0.2, 0.25) is 11.9 Å². The standard InChI is InChI=1S/C6H12N6.3ClH/c7-5-9-6(11-10-5)12-3-1-8-2-4-12;;;/h8H,1-4H2,(H3,7,9,10,11);3*1H. The highest BCUT2D eigenvalue weighted by Gasteiger charge is 2.12. The van der Waals surface area contributed by atoms with Crippen LogP contribution in [0.1, 0.15) is 0 Å². The molecule has 0 bridgehead atoms. The van der Waals surface area contributed by atoms with Gasteiger partial charge in [0.05, 0.1) is 0 Å². The van der Waals surface area contributed by atoms with Crippen molar-refractivity contribution in [1.82, 2.24) is 20.5 Å². The summed E-state index contributed by atoms with van der Waals surface area (Å²) in [5.41, 5.74) is 5.39. The molecule has 0 spiro atoms. The summed E-state index contributed by atoms with van der Waals surface area (Å²) in [4.78, 5) is 6.17. The second-order valence-electron chi connectivity index (χ2n) is 2.75.